The van der Waals surface area contributed by atoms with E-state index in [4.69, 9.17) is 9.79 Å². The Balaban J connectivity index is 0.000000136. The minimum absolute atomic E-state index is 0. The van der Waals surface area contributed by atoms with Gasteiger partial charge >= 0.3 is 24.7 Å². The molecule has 200 valence electrons. The van der Waals surface area contributed by atoms with E-state index in [0.29, 0.717) is 0 Å². The van der Waals surface area contributed by atoms with Crippen LogP contribution in [0.2, 0.25) is 0 Å². The molecule has 3 aromatic rings. The zero-order valence-corrected chi connectivity index (χ0v) is 22.3. The maximum atomic E-state index is 10.5. The van der Waals surface area contributed by atoms with Crippen molar-refractivity contribution in [2.45, 2.75) is 0 Å². The summed E-state index contributed by atoms with van der Waals surface area (Å²) in [6, 6.07) is 16.0. The predicted molar refractivity (Wildman–Crippen MR) is 156 cm³/mol. The summed E-state index contributed by atoms with van der Waals surface area (Å²) in [5.74, 6) is 0. The molecule has 4 aliphatic rings. The molecule has 39 heavy (non-hydrogen) atoms. The van der Waals surface area contributed by atoms with E-state index in [9.17, 15) is 4.57 Å². The van der Waals surface area contributed by atoms with Gasteiger partial charge in [-0.3, -0.25) is 4.57 Å². The number of allylic oxidation sites excluding steroid dienone is 4. The number of hydrogen-bond acceptors (Lipinski definition) is 1. The largest absolute Gasteiger partial charge is 1.00 e. The first kappa shape index (κ1) is 28.0. The number of hydrogen-bond donors (Lipinski definition) is 2. The average Bonchev–Trinajstić information content (AvgIpc) is 2.98. The standard InChI is InChI=1S/2C12H8N2.C6H7O3P.Cu/c2*1-3-9-5-6-10-4-2-8-14-12(10)11(9)13-7-1;7-10(8,9)6-4-2-1-3-5-6;/h2*1-8H;1-5H,(H2,7,8,9);/q2*-2;;+1. The van der Waals surface area contributed by atoms with E-state index in [1.54, 1.807) is 43.0 Å². The zero-order valence-electron chi connectivity index (χ0n) is 20.5. The Morgan fingerprint density at radius 3 is 1.05 bits per heavy atom. The van der Waals surface area contributed by atoms with Gasteiger partial charge in [0.1, 0.15) is 0 Å². The van der Waals surface area contributed by atoms with Crippen LogP contribution in [-0.2, 0) is 21.6 Å². The molecule has 0 fully saturated rings. The van der Waals surface area contributed by atoms with Crippen molar-refractivity contribution in [3.63, 3.8) is 0 Å². The molecule has 0 unspecified atom stereocenters. The van der Waals surface area contributed by atoms with Gasteiger partial charge in [-0.15, -0.1) is 22.7 Å². The monoisotopic (exact) mass is 581 g/mol. The van der Waals surface area contributed by atoms with Crippen molar-refractivity contribution in [2.75, 3.05) is 0 Å². The quantitative estimate of drug-likeness (QED) is 0.307. The van der Waals surface area contributed by atoms with E-state index < -0.39 is 7.60 Å². The molecule has 0 spiro atoms. The molecule has 4 heterocycles. The van der Waals surface area contributed by atoms with Gasteiger partial charge in [0.05, 0.1) is 5.30 Å². The van der Waals surface area contributed by atoms with Crippen molar-refractivity contribution in [1.82, 2.24) is 0 Å². The number of nitrogens with zero attached hydrogens (tertiary/aromatic N) is 4. The second-order valence-corrected chi connectivity index (χ2v) is 9.92. The summed E-state index contributed by atoms with van der Waals surface area (Å²) >= 11 is 0. The van der Waals surface area contributed by atoms with E-state index >= 15 is 0 Å². The molecule has 3 aromatic carbocycles. The van der Waals surface area contributed by atoms with Gasteiger partial charge in [-0.1, -0.05) is 91.1 Å². The second-order valence-electron chi connectivity index (χ2n) is 8.31. The summed E-state index contributed by atoms with van der Waals surface area (Å²) in [6.45, 7) is 0. The van der Waals surface area contributed by atoms with E-state index in [1.807, 2.05) is 24.3 Å². The fourth-order valence-electron chi connectivity index (χ4n) is 3.98. The van der Waals surface area contributed by atoms with Gasteiger partial charge in [0.25, 0.3) is 0 Å². The van der Waals surface area contributed by atoms with Gasteiger partial charge in [-0.2, -0.15) is 24.8 Å². The first-order valence-corrected chi connectivity index (χ1v) is 13.4. The van der Waals surface area contributed by atoms with Crippen LogP contribution in [0.15, 0.2) is 104 Å². The first-order chi connectivity index (χ1) is 18.5. The van der Waals surface area contributed by atoms with E-state index in [1.165, 1.54) is 12.1 Å². The summed E-state index contributed by atoms with van der Waals surface area (Å²) in [5, 5.41) is 22.0. The first-order valence-electron chi connectivity index (χ1n) is 11.8. The Labute approximate surface area is 236 Å². The van der Waals surface area contributed by atoms with Crippen LogP contribution in [0.1, 0.15) is 0 Å². The van der Waals surface area contributed by atoms with Gasteiger partial charge in [-0.05, 0) is 33.0 Å². The van der Waals surface area contributed by atoms with E-state index in [2.05, 4.69) is 69.8 Å². The SMILES string of the molecule is C1=C[N-]c2c3c(ccc2=C1)=CC=C[N-]3.C1=C[N-]c2c3c(ccc2=C1)=CC=C[N-]3.O=P(O)(O)c1ccccc1.[Cu+]. The molecule has 0 atom stereocenters. The molecule has 0 aromatic heterocycles. The molecule has 0 aliphatic carbocycles. The number of benzene rings is 3. The molecule has 0 amide bonds. The molecular weight excluding hydrogens is 559 g/mol. The van der Waals surface area contributed by atoms with Gasteiger partial charge in [0.15, 0.2) is 0 Å². The van der Waals surface area contributed by atoms with Crippen LogP contribution in [0.3, 0.4) is 0 Å². The molecular formula is C30H23CuN4O3P-3. The average molecular weight is 582 g/mol. The Morgan fingerprint density at radius 1 is 0.487 bits per heavy atom. The van der Waals surface area contributed by atoms with Crippen LogP contribution in [0.5, 0.6) is 0 Å². The molecule has 0 saturated carbocycles. The van der Waals surface area contributed by atoms with E-state index in [-0.39, 0.29) is 22.4 Å². The number of fused-ring (bicyclic) bond motifs is 6. The third kappa shape index (κ3) is 6.70. The fourth-order valence-corrected chi connectivity index (χ4v) is 4.54. The molecule has 7 rings (SSSR count). The Hall–Kier alpha value is -4.03. The fraction of sp³-hybridized carbons (Fsp3) is 0. The van der Waals surface area contributed by atoms with Crippen molar-refractivity contribution >= 4 is 60.0 Å². The molecule has 0 radical (unpaired) electrons. The molecule has 9 heteroatoms. The zero-order chi connectivity index (χ0) is 26.4. The minimum atomic E-state index is -4.02. The third-order valence-electron chi connectivity index (χ3n) is 5.78. The maximum Gasteiger partial charge on any atom is 1.00 e. The Morgan fingerprint density at radius 2 is 0.795 bits per heavy atom. The molecule has 7 nitrogen and oxygen atoms in total. The van der Waals surface area contributed by atoms with E-state index in [0.717, 1.165) is 43.6 Å². The molecule has 0 saturated heterocycles. The Kier molecular flexibility index (Phi) is 9.10. The Bertz CT molecular complexity index is 1570. The van der Waals surface area contributed by atoms with Crippen LogP contribution in [0.4, 0.5) is 22.7 Å². The third-order valence-corrected chi connectivity index (χ3v) is 6.75. The van der Waals surface area contributed by atoms with Crippen molar-refractivity contribution in [1.29, 1.82) is 0 Å². The summed E-state index contributed by atoms with van der Waals surface area (Å²) in [5.41, 5.74) is 3.91. The van der Waals surface area contributed by atoms with Gasteiger partial charge in [0.2, 0.25) is 0 Å². The van der Waals surface area contributed by atoms with Gasteiger partial charge in [-0.25, -0.2) is 0 Å². The van der Waals surface area contributed by atoms with Crippen molar-refractivity contribution in [3.8, 4) is 0 Å². The molecule has 2 N–H and O–H groups in total. The van der Waals surface area contributed by atoms with Gasteiger partial charge < -0.3 is 31.1 Å². The summed E-state index contributed by atoms with van der Waals surface area (Å²) < 4.78 is 10.5. The van der Waals surface area contributed by atoms with Crippen molar-refractivity contribution in [2.24, 2.45) is 0 Å². The minimum Gasteiger partial charge on any atom is -0.665 e. The number of rotatable bonds is 1. The second kappa shape index (κ2) is 12.7. The topological polar surface area (TPSA) is 114 Å². The molecule has 0 bridgehead atoms. The van der Waals surface area contributed by atoms with Crippen LogP contribution in [0.25, 0.3) is 45.6 Å². The summed E-state index contributed by atoms with van der Waals surface area (Å²) in [4.78, 5) is 17.2. The summed E-state index contributed by atoms with van der Waals surface area (Å²) in [7, 11) is -4.02. The van der Waals surface area contributed by atoms with Crippen molar-refractivity contribution in [3.05, 3.63) is 146 Å². The van der Waals surface area contributed by atoms with Gasteiger partial charge in [0, 0.05) is 0 Å². The normalized spacial score (nSPS) is 14.0. The molecule has 4 aliphatic heterocycles. The van der Waals surface area contributed by atoms with Crippen LogP contribution in [0, 0.1) is 0 Å². The maximum absolute atomic E-state index is 10.5. The smallest absolute Gasteiger partial charge is 0.665 e. The summed E-state index contributed by atoms with van der Waals surface area (Å²) in [6.07, 6.45) is 23.2. The van der Waals surface area contributed by atoms with Crippen molar-refractivity contribution < 1.29 is 31.4 Å². The van der Waals surface area contributed by atoms with Crippen LogP contribution < -0.4 is 26.2 Å². The van der Waals surface area contributed by atoms with Crippen LogP contribution in [-0.4, -0.2) is 9.79 Å². The van der Waals surface area contributed by atoms with Crippen LogP contribution >= 0.6 is 7.60 Å². The predicted octanol–water partition coefficient (Wildman–Crippen LogP) is 5.11.